The van der Waals surface area contributed by atoms with Crippen molar-refractivity contribution in [2.45, 2.75) is 6.61 Å². The molecule has 0 bridgehead atoms. The van der Waals surface area contributed by atoms with Gasteiger partial charge in [-0.1, -0.05) is 75.7 Å². The first-order valence-corrected chi connectivity index (χ1v) is 9.50. The number of pyridine rings is 1. The summed E-state index contributed by atoms with van der Waals surface area (Å²) in [5.41, 5.74) is 2.26. The summed E-state index contributed by atoms with van der Waals surface area (Å²) in [6, 6.07) is 9.81. The normalized spacial score (nSPS) is 11.0. The number of nitrogens with zero attached hydrogens (tertiary/aromatic N) is 1. The first-order chi connectivity index (χ1) is 12.3. The molecule has 0 saturated heterocycles. The standard InChI is InChI=1S/C18H9Cl6NO/c19-9-2-4-11(21)16(23)14(9)13-6-1-8(7-26)18(25-13)15-10(20)3-5-12(22)17(15)24/h1-6,26H,7H2. The van der Waals surface area contributed by atoms with Crippen molar-refractivity contribution in [1.29, 1.82) is 0 Å². The Balaban J connectivity index is 2.32. The van der Waals surface area contributed by atoms with Gasteiger partial charge < -0.3 is 5.11 Å². The maximum atomic E-state index is 9.71. The summed E-state index contributed by atoms with van der Waals surface area (Å²) in [5.74, 6) is 0. The van der Waals surface area contributed by atoms with Crippen molar-refractivity contribution < 1.29 is 5.11 Å². The molecule has 0 atom stereocenters. The van der Waals surface area contributed by atoms with Crippen LogP contribution < -0.4 is 0 Å². The molecule has 0 unspecified atom stereocenters. The second kappa shape index (κ2) is 8.12. The van der Waals surface area contributed by atoms with Crippen LogP contribution in [0.25, 0.3) is 22.5 Å². The summed E-state index contributed by atoms with van der Waals surface area (Å²) < 4.78 is 0. The number of hydrogen-bond acceptors (Lipinski definition) is 2. The van der Waals surface area contributed by atoms with Crippen molar-refractivity contribution in [3.8, 4) is 22.5 Å². The highest BCUT2D eigenvalue weighted by molar-refractivity contribution is 6.47. The van der Waals surface area contributed by atoms with Gasteiger partial charge in [-0.2, -0.15) is 0 Å². The lowest BCUT2D eigenvalue weighted by atomic mass is 10.0. The van der Waals surface area contributed by atoms with E-state index < -0.39 is 0 Å². The van der Waals surface area contributed by atoms with Crippen LogP contribution >= 0.6 is 69.6 Å². The monoisotopic (exact) mass is 465 g/mol. The molecule has 0 amide bonds. The lowest BCUT2D eigenvalue weighted by molar-refractivity contribution is 0.282. The van der Waals surface area contributed by atoms with E-state index >= 15 is 0 Å². The van der Waals surface area contributed by atoms with Gasteiger partial charge in [0.25, 0.3) is 0 Å². The van der Waals surface area contributed by atoms with Crippen LogP contribution in [0.4, 0.5) is 0 Å². The number of aliphatic hydroxyl groups excluding tert-OH is 1. The Morgan fingerprint density at radius 2 is 1.15 bits per heavy atom. The molecule has 2 aromatic carbocycles. The molecule has 8 heteroatoms. The minimum Gasteiger partial charge on any atom is -0.392 e. The third-order valence-electron chi connectivity index (χ3n) is 3.73. The van der Waals surface area contributed by atoms with E-state index in [1.807, 2.05) is 0 Å². The van der Waals surface area contributed by atoms with E-state index in [2.05, 4.69) is 4.98 Å². The van der Waals surface area contributed by atoms with Crippen LogP contribution in [0.5, 0.6) is 0 Å². The van der Waals surface area contributed by atoms with Gasteiger partial charge in [0.15, 0.2) is 0 Å². The summed E-state index contributed by atoms with van der Waals surface area (Å²) in [4.78, 5) is 4.59. The van der Waals surface area contributed by atoms with E-state index in [-0.39, 0.29) is 16.7 Å². The fourth-order valence-electron chi connectivity index (χ4n) is 2.48. The Morgan fingerprint density at radius 1 is 0.654 bits per heavy atom. The van der Waals surface area contributed by atoms with Crippen molar-refractivity contribution in [3.05, 3.63) is 72.1 Å². The number of aliphatic hydroxyl groups is 1. The van der Waals surface area contributed by atoms with E-state index in [1.54, 1.807) is 36.4 Å². The first-order valence-electron chi connectivity index (χ1n) is 7.23. The minimum atomic E-state index is -0.265. The largest absolute Gasteiger partial charge is 0.392 e. The Morgan fingerprint density at radius 3 is 1.73 bits per heavy atom. The van der Waals surface area contributed by atoms with Gasteiger partial charge in [0, 0.05) is 16.7 Å². The van der Waals surface area contributed by atoms with E-state index in [4.69, 9.17) is 69.6 Å². The zero-order chi connectivity index (χ0) is 19.0. The molecule has 0 fully saturated rings. The number of aromatic nitrogens is 1. The quantitative estimate of drug-likeness (QED) is 0.398. The van der Waals surface area contributed by atoms with Gasteiger partial charge in [-0.3, -0.25) is 0 Å². The van der Waals surface area contributed by atoms with Crippen LogP contribution in [0.3, 0.4) is 0 Å². The predicted octanol–water partition coefficient (Wildman–Crippen LogP) is 7.83. The summed E-state index contributed by atoms with van der Waals surface area (Å²) in [7, 11) is 0. The fourth-order valence-corrected chi connectivity index (χ4v) is 3.91. The predicted molar refractivity (Wildman–Crippen MR) is 111 cm³/mol. The molecule has 0 saturated carbocycles. The fraction of sp³-hybridized carbons (Fsp3) is 0.0556. The third kappa shape index (κ3) is 3.65. The van der Waals surface area contributed by atoms with Gasteiger partial charge in [-0.25, -0.2) is 4.98 Å². The molecule has 0 radical (unpaired) electrons. The van der Waals surface area contributed by atoms with Crippen molar-refractivity contribution >= 4 is 69.6 Å². The lowest BCUT2D eigenvalue weighted by Crippen LogP contribution is -1.98. The second-order valence-electron chi connectivity index (χ2n) is 5.30. The molecule has 0 spiro atoms. The molecule has 0 aliphatic carbocycles. The number of benzene rings is 2. The zero-order valence-electron chi connectivity index (χ0n) is 12.8. The summed E-state index contributed by atoms with van der Waals surface area (Å²) in [6.45, 7) is -0.265. The molecule has 3 aromatic rings. The van der Waals surface area contributed by atoms with E-state index in [0.717, 1.165) is 0 Å². The molecular formula is C18H9Cl6NO. The molecule has 1 heterocycles. The summed E-state index contributed by atoms with van der Waals surface area (Å²) in [5, 5.41) is 11.6. The maximum Gasteiger partial charge on any atom is 0.0795 e. The SMILES string of the molecule is OCc1ccc(-c2c(Cl)ccc(Cl)c2Cl)nc1-c1c(Cl)ccc(Cl)c1Cl. The van der Waals surface area contributed by atoms with Crippen LogP contribution in [0.1, 0.15) is 5.56 Å². The number of hydrogen-bond donors (Lipinski definition) is 1. The van der Waals surface area contributed by atoms with Crippen molar-refractivity contribution in [2.75, 3.05) is 0 Å². The van der Waals surface area contributed by atoms with Gasteiger partial charge in [0.05, 0.1) is 48.1 Å². The smallest absolute Gasteiger partial charge is 0.0795 e. The van der Waals surface area contributed by atoms with E-state index in [1.165, 1.54) is 0 Å². The molecular weight excluding hydrogens is 459 g/mol. The van der Waals surface area contributed by atoms with Crippen molar-refractivity contribution in [2.24, 2.45) is 0 Å². The van der Waals surface area contributed by atoms with Crippen molar-refractivity contribution in [3.63, 3.8) is 0 Å². The molecule has 2 nitrogen and oxygen atoms in total. The highest BCUT2D eigenvalue weighted by Gasteiger charge is 2.20. The zero-order valence-corrected chi connectivity index (χ0v) is 17.4. The van der Waals surface area contributed by atoms with Crippen LogP contribution in [-0.4, -0.2) is 10.1 Å². The van der Waals surface area contributed by atoms with Crippen LogP contribution in [-0.2, 0) is 6.61 Å². The van der Waals surface area contributed by atoms with Gasteiger partial charge in [-0.05, 0) is 30.3 Å². The Bertz CT molecular complexity index is 1010. The minimum absolute atomic E-state index is 0.238. The van der Waals surface area contributed by atoms with Gasteiger partial charge in [-0.15, -0.1) is 0 Å². The molecule has 0 aliphatic heterocycles. The van der Waals surface area contributed by atoms with Gasteiger partial charge in [0.2, 0.25) is 0 Å². The molecule has 0 aliphatic rings. The van der Waals surface area contributed by atoms with Crippen LogP contribution in [0.2, 0.25) is 30.1 Å². The van der Waals surface area contributed by atoms with E-state index in [9.17, 15) is 5.11 Å². The molecule has 26 heavy (non-hydrogen) atoms. The van der Waals surface area contributed by atoms with Gasteiger partial charge >= 0.3 is 0 Å². The molecule has 1 aromatic heterocycles. The highest BCUT2D eigenvalue weighted by Crippen LogP contribution is 2.43. The summed E-state index contributed by atoms with van der Waals surface area (Å²) in [6.07, 6.45) is 0. The molecule has 3 rings (SSSR count). The average molecular weight is 468 g/mol. The van der Waals surface area contributed by atoms with E-state index in [0.29, 0.717) is 48.2 Å². The van der Waals surface area contributed by atoms with Gasteiger partial charge in [0.1, 0.15) is 0 Å². The Hall–Kier alpha value is -0.710. The van der Waals surface area contributed by atoms with Crippen LogP contribution in [0.15, 0.2) is 36.4 Å². The third-order valence-corrected chi connectivity index (χ3v) is 5.97. The number of rotatable bonds is 3. The maximum absolute atomic E-state index is 9.71. The molecule has 1 N–H and O–H groups in total. The second-order valence-corrected chi connectivity index (χ2v) is 7.68. The topological polar surface area (TPSA) is 33.1 Å². The lowest BCUT2D eigenvalue weighted by Gasteiger charge is -2.15. The van der Waals surface area contributed by atoms with Crippen molar-refractivity contribution in [1.82, 2.24) is 4.98 Å². The average Bonchev–Trinajstić information content (AvgIpc) is 2.62. The Labute approximate surface area is 180 Å². The van der Waals surface area contributed by atoms with Crippen LogP contribution in [0, 0.1) is 0 Å². The summed E-state index contributed by atoms with van der Waals surface area (Å²) >= 11 is 37.5. The number of halogens is 6. The molecule has 134 valence electrons. The first kappa shape index (κ1) is 20.0. The highest BCUT2D eigenvalue weighted by atomic mass is 35.5. The Kier molecular flexibility index (Phi) is 6.25.